The standard InChI is InChI=1S/C31H33ClN8O3/c1-41-22-6-4-21(5-7-22)35-30-37-29(38-31(39-30)40-13-15-43-16-14-40)34-12-11-33-19-26-24-9-3-20(32)17-28(24)36-27-10-8-23(42-2)18-25(26)27/h3-10,17-18,33H,11-16,19H2,1-2H3,(H2,34,35,37,38,39). The van der Waals surface area contributed by atoms with Crippen molar-refractivity contribution in [3.8, 4) is 11.5 Å². The number of morpholine rings is 1. The monoisotopic (exact) mass is 600 g/mol. The normalized spacial score (nSPS) is 13.3. The number of nitrogens with one attached hydrogen (secondary N) is 3. The van der Waals surface area contributed by atoms with Gasteiger partial charge in [0.1, 0.15) is 11.5 Å². The SMILES string of the molecule is COc1ccc(Nc2nc(NCCNCc3c4ccc(Cl)cc4nc4ccc(OC)cc34)nc(N3CCOCC3)n2)cc1. The molecule has 0 amide bonds. The molecule has 0 saturated carbocycles. The van der Waals surface area contributed by atoms with Gasteiger partial charge in [-0.1, -0.05) is 17.7 Å². The molecule has 0 spiro atoms. The first-order valence-corrected chi connectivity index (χ1v) is 14.5. The smallest absolute Gasteiger partial charge is 0.233 e. The van der Waals surface area contributed by atoms with Crippen molar-refractivity contribution in [1.29, 1.82) is 0 Å². The summed E-state index contributed by atoms with van der Waals surface area (Å²) in [5.74, 6) is 3.12. The van der Waals surface area contributed by atoms with Gasteiger partial charge in [-0.25, -0.2) is 4.98 Å². The highest BCUT2D eigenvalue weighted by atomic mass is 35.5. The van der Waals surface area contributed by atoms with Gasteiger partial charge in [-0.15, -0.1) is 0 Å². The van der Waals surface area contributed by atoms with Crippen molar-refractivity contribution in [2.45, 2.75) is 6.54 Å². The third-order valence-electron chi connectivity index (χ3n) is 7.21. The molecule has 0 atom stereocenters. The van der Waals surface area contributed by atoms with Crippen LogP contribution < -0.4 is 30.3 Å². The molecule has 0 radical (unpaired) electrons. The number of hydrogen-bond donors (Lipinski definition) is 3. The molecule has 12 heteroatoms. The molecule has 11 nitrogen and oxygen atoms in total. The zero-order chi connectivity index (χ0) is 29.6. The number of pyridine rings is 1. The quantitative estimate of drug-likeness (QED) is 0.140. The fourth-order valence-corrected chi connectivity index (χ4v) is 5.15. The summed E-state index contributed by atoms with van der Waals surface area (Å²) in [6.07, 6.45) is 0. The van der Waals surface area contributed by atoms with Gasteiger partial charge in [0.25, 0.3) is 0 Å². The van der Waals surface area contributed by atoms with E-state index >= 15 is 0 Å². The summed E-state index contributed by atoms with van der Waals surface area (Å²) in [7, 11) is 3.31. The van der Waals surface area contributed by atoms with Crippen LogP contribution in [-0.2, 0) is 11.3 Å². The van der Waals surface area contributed by atoms with Crippen LogP contribution in [0.4, 0.5) is 23.5 Å². The Labute approximate surface area is 254 Å². The third-order valence-corrected chi connectivity index (χ3v) is 7.44. The molecular formula is C31H33ClN8O3. The maximum atomic E-state index is 6.28. The van der Waals surface area contributed by atoms with E-state index in [1.807, 2.05) is 60.7 Å². The van der Waals surface area contributed by atoms with Crippen LogP contribution in [0.15, 0.2) is 60.7 Å². The molecule has 0 aliphatic carbocycles. The maximum absolute atomic E-state index is 6.28. The molecule has 1 saturated heterocycles. The van der Waals surface area contributed by atoms with Crippen molar-refractivity contribution < 1.29 is 14.2 Å². The van der Waals surface area contributed by atoms with Crippen LogP contribution in [0.2, 0.25) is 5.02 Å². The van der Waals surface area contributed by atoms with E-state index in [0.717, 1.165) is 57.6 Å². The van der Waals surface area contributed by atoms with Crippen LogP contribution in [0.5, 0.6) is 11.5 Å². The molecule has 1 fully saturated rings. The van der Waals surface area contributed by atoms with Crippen LogP contribution in [0.1, 0.15) is 5.56 Å². The number of anilines is 4. The summed E-state index contributed by atoms with van der Waals surface area (Å²) in [4.78, 5) is 21.0. The molecule has 1 aliphatic rings. The van der Waals surface area contributed by atoms with Crippen molar-refractivity contribution >= 4 is 56.9 Å². The number of benzene rings is 3. The average Bonchev–Trinajstić information content (AvgIpc) is 3.04. The number of nitrogens with zero attached hydrogens (tertiary/aromatic N) is 5. The Morgan fingerprint density at radius 1 is 0.791 bits per heavy atom. The molecular weight excluding hydrogens is 568 g/mol. The van der Waals surface area contributed by atoms with Crippen LogP contribution in [0.3, 0.4) is 0 Å². The van der Waals surface area contributed by atoms with Gasteiger partial charge >= 0.3 is 0 Å². The van der Waals surface area contributed by atoms with E-state index in [4.69, 9.17) is 35.8 Å². The summed E-state index contributed by atoms with van der Waals surface area (Å²) in [6, 6.07) is 19.4. The van der Waals surface area contributed by atoms with Crippen LogP contribution in [0, 0.1) is 0 Å². The van der Waals surface area contributed by atoms with Gasteiger partial charge in [-0.3, -0.25) is 0 Å². The summed E-state index contributed by atoms with van der Waals surface area (Å²) < 4.78 is 16.3. The topological polar surface area (TPSA) is 119 Å². The molecule has 3 heterocycles. The Kier molecular flexibility index (Phi) is 8.83. The van der Waals surface area contributed by atoms with Crippen LogP contribution >= 0.6 is 11.6 Å². The summed E-state index contributed by atoms with van der Waals surface area (Å²) >= 11 is 6.28. The number of halogens is 1. The number of aromatic nitrogens is 4. The predicted molar refractivity (Wildman–Crippen MR) is 170 cm³/mol. The lowest BCUT2D eigenvalue weighted by molar-refractivity contribution is 0.122. The highest BCUT2D eigenvalue weighted by Crippen LogP contribution is 2.30. The molecule has 43 heavy (non-hydrogen) atoms. The van der Waals surface area contributed by atoms with Gasteiger partial charge in [0.05, 0.1) is 38.5 Å². The fraction of sp³-hybridized carbons (Fsp3) is 0.290. The lowest BCUT2D eigenvalue weighted by Crippen LogP contribution is -2.37. The number of methoxy groups -OCH3 is 2. The molecule has 3 N–H and O–H groups in total. The zero-order valence-corrected chi connectivity index (χ0v) is 24.8. The Morgan fingerprint density at radius 3 is 2.35 bits per heavy atom. The Bertz CT molecular complexity index is 1710. The van der Waals surface area contributed by atoms with E-state index in [0.29, 0.717) is 55.7 Å². The molecule has 5 aromatic rings. The molecule has 1 aliphatic heterocycles. The largest absolute Gasteiger partial charge is 0.497 e. The van der Waals surface area contributed by atoms with Gasteiger partial charge < -0.3 is 35.1 Å². The highest BCUT2D eigenvalue weighted by molar-refractivity contribution is 6.31. The zero-order valence-electron chi connectivity index (χ0n) is 24.1. The first-order chi connectivity index (χ1) is 21.1. The molecule has 2 aromatic heterocycles. The van der Waals surface area contributed by atoms with Gasteiger partial charge in [0.15, 0.2) is 0 Å². The molecule has 222 valence electrons. The Balaban J connectivity index is 1.17. The Hall–Kier alpha value is -4.45. The van der Waals surface area contributed by atoms with E-state index < -0.39 is 0 Å². The minimum absolute atomic E-state index is 0.458. The van der Waals surface area contributed by atoms with Crippen LogP contribution in [0.25, 0.3) is 21.8 Å². The predicted octanol–water partition coefficient (Wildman–Crippen LogP) is 5.03. The van der Waals surface area contributed by atoms with E-state index in [2.05, 4.69) is 30.8 Å². The number of ether oxygens (including phenoxy) is 3. The van der Waals surface area contributed by atoms with Crippen molar-refractivity contribution in [3.63, 3.8) is 0 Å². The molecule has 3 aromatic carbocycles. The van der Waals surface area contributed by atoms with E-state index in [1.54, 1.807) is 14.2 Å². The number of fused-ring (bicyclic) bond motifs is 2. The third kappa shape index (κ3) is 6.80. The van der Waals surface area contributed by atoms with Gasteiger partial charge in [-0.2, -0.15) is 15.0 Å². The Morgan fingerprint density at radius 2 is 1.56 bits per heavy atom. The van der Waals surface area contributed by atoms with Gasteiger partial charge in [0, 0.05) is 54.2 Å². The minimum atomic E-state index is 0.458. The second-order valence-corrected chi connectivity index (χ2v) is 10.4. The van der Waals surface area contributed by atoms with E-state index in [9.17, 15) is 0 Å². The second kappa shape index (κ2) is 13.2. The maximum Gasteiger partial charge on any atom is 0.233 e. The first-order valence-electron chi connectivity index (χ1n) is 14.1. The summed E-state index contributed by atoms with van der Waals surface area (Å²) in [6.45, 7) is 4.61. The summed E-state index contributed by atoms with van der Waals surface area (Å²) in [5.41, 5.74) is 3.74. The van der Waals surface area contributed by atoms with Crippen molar-refractivity contribution in [2.75, 3.05) is 69.1 Å². The van der Waals surface area contributed by atoms with Crippen molar-refractivity contribution in [3.05, 3.63) is 71.2 Å². The van der Waals surface area contributed by atoms with Crippen molar-refractivity contribution in [2.24, 2.45) is 0 Å². The molecule has 6 rings (SSSR count). The van der Waals surface area contributed by atoms with Crippen molar-refractivity contribution in [1.82, 2.24) is 25.3 Å². The first kappa shape index (κ1) is 28.7. The second-order valence-electron chi connectivity index (χ2n) is 9.97. The van der Waals surface area contributed by atoms with Crippen LogP contribution in [-0.4, -0.2) is 73.5 Å². The highest BCUT2D eigenvalue weighted by Gasteiger charge is 2.17. The fourth-order valence-electron chi connectivity index (χ4n) is 4.98. The number of rotatable bonds is 11. The van der Waals surface area contributed by atoms with E-state index in [-0.39, 0.29) is 0 Å². The molecule has 0 bridgehead atoms. The lowest BCUT2D eigenvalue weighted by Gasteiger charge is -2.27. The van der Waals surface area contributed by atoms with Gasteiger partial charge in [0.2, 0.25) is 17.8 Å². The lowest BCUT2D eigenvalue weighted by atomic mass is 10.0. The van der Waals surface area contributed by atoms with E-state index in [1.165, 1.54) is 0 Å². The molecule has 0 unspecified atom stereocenters. The van der Waals surface area contributed by atoms with Gasteiger partial charge in [-0.05, 0) is 60.2 Å². The average molecular weight is 601 g/mol. The minimum Gasteiger partial charge on any atom is -0.497 e. The number of hydrogen-bond acceptors (Lipinski definition) is 11. The summed E-state index contributed by atoms with van der Waals surface area (Å²) in [5, 5.41) is 13.0.